The molecule has 1 heterocycles. The summed E-state index contributed by atoms with van der Waals surface area (Å²) in [4.78, 5) is 12.3. The molecule has 94 valence electrons. The van der Waals surface area contributed by atoms with Crippen molar-refractivity contribution in [3.05, 3.63) is 17.5 Å². The van der Waals surface area contributed by atoms with Crippen LogP contribution in [0.1, 0.15) is 48.4 Å². The molecule has 17 heavy (non-hydrogen) atoms. The number of alkyl halides is 1. The lowest BCUT2D eigenvalue weighted by Crippen LogP contribution is -2.40. The first-order chi connectivity index (χ1) is 8.16. The molecule has 1 saturated carbocycles. The third-order valence-electron chi connectivity index (χ3n) is 3.10. The molecule has 1 aromatic heterocycles. The number of nitrogens with one attached hydrogen (secondary N) is 1. The van der Waals surface area contributed by atoms with E-state index in [4.69, 9.17) is 4.52 Å². The predicted octanol–water partition coefficient (Wildman–Crippen LogP) is 2.81. The molecule has 0 bridgehead atoms. The number of nitrogens with zero attached hydrogens (tertiary/aromatic N) is 1. The monoisotopic (exact) mass is 300 g/mol. The van der Waals surface area contributed by atoms with E-state index in [0.717, 1.165) is 18.5 Å². The number of hydrogen-bond acceptors (Lipinski definition) is 3. The number of rotatable bonds is 2. The Hall–Kier alpha value is -0.840. The van der Waals surface area contributed by atoms with Crippen molar-refractivity contribution in [1.29, 1.82) is 0 Å². The smallest absolute Gasteiger partial charge is 0.290 e. The summed E-state index contributed by atoms with van der Waals surface area (Å²) in [7, 11) is 0. The number of carbonyl (C=O) groups excluding carboxylic acids is 1. The molecule has 2 unspecified atom stereocenters. The van der Waals surface area contributed by atoms with Crippen molar-refractivity contribution in [1.82, 2.24) is 10.5 Å². The van der Waals surface area contributed by atoms with Crippen molar-refractivity contribution in [2.24, 2.45) is 0 Å². The van der Waals surface area contributed by atoms with Gasteiger partial charge in [0.15, 0.2) is 0 Å². The fraction of sp³-hybridized carbons (Fsp3) is 0.667. The third kappa shape index (κ3) is 3.31. The summed E-state index contributed by atoms with van der Waals surface area (Å²) in [5.41, 5.74) is 0.728. The molecule has 1 amide bonds. The molecular formula is C12H17BrN2O2. The molecule has 1 aliphatic rings. The van der Waals surface area contributed by atoms with Crippen molar-refractivity contribution >= 4 is 21.8 Å². The van der Waals surface area contributed by atoms with Crippen LogP contribution in [0.5, 0.6) is 0 Å². The van der Waals surface area contributed by atoms with Crippen LogP contribution >= 0.6 is 15.9 Å². The zero-order valence-corrected chi connectivity index (χ0v) is 11.5. The van der Waals surface area contributed by atoms with Crippen molar-refractivity contribution in [2.75, 3.05) is 0 Å². The van der Waals surface area contributed by atoms with Gasteiger partial charge in [-0.05, 0) is 19.8 Å². The van der Waals surface area contributed by atoms with Crippen LogP contribution in [0.3, 0.4) is 0 Å². The third-order valence-corrected chi connectivity index (χ3v) is 4.20. The highest BCUT2D eigenvalue weighted by Gasteiger charge is 2.24. The highest BCUT2D eigenvalue weighted by Crippen LogP contribution is 2.24. The zero-order chi connectivity index (χ0) is 12.3. The minimum absolute atomic E-state index is 0.165. The van der Waals surface area contributed by atoms with Gasteiger partial charge in [-0.1, -0.05) is 40.3 Å². The Balaban J connectivity index is 1.97. The maximum absolute atomic E-state index is 11.9. The molecule has 0 saturated heterocycles. The average Bonchev–Trinajstić information content (AvgIpc) is 2.63. The quantitative estimate of drug-likeness (QED) is 0.675. The van der Waals surface area contributed by atoms with Crippen molar-refractivity contribution < 1.29 is 9.32 Å². The number of carbonyl (C=O) groups is 1. The van der Waals surface area contributed by atoms with Gasteiger partial charge in [0, 0.05) is 16.9 Å². The Morgan fingerprint density at radius 2 is 2.24 bits per heavy atom. The van der Waals surface area contributed by atoms with Gasteiger partial charge in [0.05, 0.1) is 5.69 Å². The standard InChI is InChI=1S/C12H17BrN2O2/c1-8-7-11(17-15-8)12(16)14-10-6-4-2-3-5-9(10)13/h7,9-10H,2-6H2,1H3,(H,14,16). The molecule has 1 aliphatic carbocycles. The first-order valence-corrected chi connectivity index (χ1v) is 6.96. The summed E-state index contributed by atoms with van der Waals surface area (Å²) in [6.45, 7) is 1.80. The van der Waals surface area contributed by atoms with Gasteiger partial charge in [0.25, 0.3) is 5.91 Å². The van der Waals surface area contributed by atoms with Gasteiger partial charge in [-0.3, -0.25) is 4.79 Å². The first kappa shape index (κ1) is 12.6. The lowest BCUT2D eigenvalue weighted by Gasteiger charge is -2.20. The normalized spacial score (nSPS) is 25.3. The molecule has 4 nitrogen and oxygen atoms in total. The number of amides is 1. The summed E-state index contributed by atoms with van der Waals surface area (Å²) in [6.07, 6.45) is 5.78. The molecule has 0 aliphatic heterocycles. The largest absolute Gasteiger partial charge is 0.351 e. The number of halogens is 1. The maximum Gasteiger partial charge on any atom is 0.290 e. The second-order valence-corrected chi connectivity index (χ2v) is 5.74. The summed E-state index contributed by atoms with van der Waals surface area (Å²) in [5.74, 6) is 0.133. The van der Waals surface area contributed by atoms with Crippen LogP contribution in [0.2, 0.25) is 0 Å². The van der Waals surface area contributed by atoms with Gasteiger partial charge in [-0.15, -0.1) is 0 Å². The van der Waals surface area contributed by atoms with E-state index >= 15 is 0 Å². The molecule has 2 rings (SSSR count). The van der Waals surface area contributed by atoms with Gasteiger partial charge in [0.1, 0.15) is 0 Å². The van der Waals surface area contributed by atoms with E-state index < -0.39 is 0 Å². The first-order valence-electron chi connectivity index (χ1n) is 6.05. The summed E-state index contributed by atoms with van der Waals surface area (Å²) in [5, 5.41) is 6.74. The van der Waals surface area contributed by atoms with Gasteiger partial charge in [-0.2, -0.15) is 0 Å². The van der Waals surface area contributed by atoms with Gasteiger partial charge in [0.2, 0.25) is 5.76 Å². The van der Waals surface area contributed by atoms with Gasteiger partial charge < -0.3 is 9.84 Å². The van der Waals surface area contributed by atoms with E-state index in [9.17, 15) is 4.79 Å². The average molecular weight is 301 g/mol. The van der Waals surface area contributed by atoms with Crippen LogP contribution in [0.25, 0.3) is 0 Å². The Bertz CT molecular complexity index is 392. The van der Waals surface area contributed by atoms with Crippen LogP contribution in [-0.4, -0.2) is 21.9 Å². The van der Waals surface area contributed by atoms with Crippen LogP contribution in [0.15, 0.2) is 10.6 Å². The summed E-state index contributed by atoms with van der Waals surface area (Å²) < 4.78 is 4.96. The predicted molar refractivity (Wildman–Crippen MR) is 68.3 cm³/mol. The lowest BCUT2D eigenvalue weighted by atomic mass is 10.1. The number of hydrogen-bond donors (Lipinski definition) is 1. The second-order valence-electron chi connectivity index (χ2n) is 4.57. The molecule has 1 fully saturated rings. The minimum Gasteiger partial charge on any atom is -0.351 e. The number of aryl methyl sites for hydroxylation is 1. The van der Waals surface area contributed by atoms with Crippen molar-refractivity contribution in [3.8, 4) is 0 Å². The maximum atomic E-state index is 11.9. The lowest BCUT2D eigenvalue weighted by molar-refractivity contribution is 0.0897. The molecule has 0 spiro atoms. The Morgan fingerprint density at radius 1 is 1.47 bits per heavy atom. The second kappa shape index (κ2) is 5.67. The zero-order valence-electron chi connectivity index (χ0n) is 9.91. The molecule has 5 heteroatoms. The van der Waals surface area contributed by atoms with Crippen LogP contribution in [0, 0.1) is 6.92 Å². The van der Waals surface area contributed by atoms with Gasteiger partial charge in [-0.25, -0.2) is 0 Å². The van der Waals surface area contributed by atoms with E-state index in [2.05, 4.69) is 26.4 Å². The highest BCUT2D eigenvalue weighted by molar-refractivity contribution is 9.09. The number of aromatic nitrogens is 1. The summed E-state index contributed by atoms with van der Waals surface area (Å²) in [6, 6.07) is 1.85. The Morgan fingerprint density at radius 3 is 2.94 bits per heavy atom. The molecule has 0 aromatic carbocycles. The Kier molecular flexibility index (Phi) is 4.20. The topological polar surface area (TPSA) is 55.1 Å². The molecule has 2 atom stereocenters. The molecule has 1 aromatic rings. The summed E-state index contributed by atoms with van der Waals surface area (Å²) >= 11 is 3.65. The minimum atomic E-state index is -0.165. The SMILES string of the molecule is Cc1cc(C(=O)NC2CCCCCC2Br)on1. The van der Waals surface area contributed by atoms with Crippen molar-refractivity contribution in [3.63, 3.8) is 0 Å². The molecule has 0 radical (unpaired) electrons. The van der Waals surface area contributed by atoms with Crippen LogP contribution < -0.4 is 5.32 Å². The van der Waals surface area contributed by atoms with E-state index in [1.807, 2.05) is 0 Å². The molecular weight excluding hydrogens is 284 g/mol. The molecule has 1 N–H and O–H groups in total. The van der Waals surface area contributed by atoms with E-state index in [0.29, 0.717) is 10.6 Å². The highest BCUT2D eigenvalue weighted by atomic mass is 79.9. The van der Waals surface area contributed by atoms with Crippen LogP contribution in [0.4, 0.5) is 0 Å². The van der Waals surface area contributed by atoms with E-state index in [1.165, 1.54) is 19.3 Å². The van der Waals surface area contributed by atoms with Crippen molar-refractivity contribution in [2.45, 2.75) is 49.9 Å². The fourth-order valence-electron chi connectivity index (χ4n) is 2.14. The van der Waals surface area contributed by atoms with Crippen LogP contribution in [-0.2, 0) is 0 Å². The van der Waals surface area contributed by atoms with Gasteiger partial charge >= 0.3 is 0 Å². The van der Waals surface area contributed by atoms with E-state index in [-0.39, 0.29) is 11.9 Å². The Labute approximate surface area is 109 Å². The van der Waals surface area contributed by atoms with E-state index in [1.54, 1.807) is 13.0 Å². The fourth-order valence-corrected chi connectivity index (χ4v) is 2.86.